The fourth-order valence-electron chi connectivity index (χ4n) is 2.58. The Morgan fingerprint density at radius 2 is 1.56 bits per heavy atom. The van der Waals surface area contributed by atoms with Crippen LogP contribution in [0.15, 0.2) is 60.7 Å². The smallest absolute Gasteiger partial charge is 0.340 e. The van der Waals surface area contributed by atoms with Gasteiger partial charge in [0.15, 0.2) is 0 Å². The minimum absolute atomic E-state index is 0.169. The molecule has 0 saturated heterocycles. The van der Waals surface area contributed by atoms with E-state index >= 15 is 0 Å². The van der Waals surface area contributed by atoms with Crippen molar-refractivity contribution < 1.29 is 24.1 Å². The third-order valence-electron chi connectivity index (χ3n) is 3.77. The predicted molar refractivity (Wildman–Crippen MR) is 94.9 cm³/mol. The maximum Gasteiger partial charge on any atom is 0.340 e. The van der Waals surface area contributed by atoms with Crippen molar-refractivity contribution in [2.75, 3.05) is 20.3 Å². The van der Waals surface area contributed by atoms with Crippen molar-refractivity contribution in [3.05, 3.63) is 66.2 Å². The molecule has 1 N–H and O–H groups in total. The van der Waals surface area contributed by atoms with Gasteiger partial charge in [0, 0.05) is 0 Å². The molecule has 128 valence electrons. The lowest BCUT2D eigenvalue weighted by atomic mass is 10.0. The minimum Gasteiger partial charge on any atom is -0.497 e. The fraction of sp³-hybridized carbons (Fsp3) is 0.150. The second-order valence-electron chi connectivity index (χ2n) is 5.34. The molecule has 0 spiro atoms. The molecule has 0 heterocycles. The Bertz CT molecular complexity index is 871. The molecule has 3 rings (SSSR count). The first-order valence-electron chi connectivity index (χ1n) is 7.84. The van der Waals surface area contributed by atoms with Gasteiger partial charge in [0.2, 0.25) is 0 Å². The minimum atomic E-state index is -1.01. The summed E-state index contributed by atoms with van der Waals surface area (Å²) in [5, 5.41) is 11.0. The van der Waals surface area contributed by atoms with E-state index in [4.69, 9.17) is 14.2 Å². The Morgan fingerprint density at radius 1 is 0.880 bits per heavy atom. The quantitative estimate of drug-likeness (QED) is 0.660. The van der Waals surface area contributed by atoms with E-state index in [9.17, 15) is 9.90 Å². The maximum absolute atomic E-state index is 11.6. The van der Waals surface area contributed by atoms with Crippen molar-refractivity contribution in [3.8, 4) is 17.2 Å². The Balaban J connectivity index is 1.66. The van der Waals surface area contributed by atoms with E-state index in [1.807, 2.05) is 36.4 Å². The van der Waals surface area contributed by atoms with E-state index in [0.29, 0.717) is 23.5 Å². The largest absolute Gasteiger partial charge is 0.497 e. The zero-order chi connectivity index (χ0) is 17.6. The predicted octanol–water partition coefficient (Wildman–Crippen LogP) is 4.00. The number of carboxylic acid groups (broad SMARTS) is 1. The van der Waals surface area contributed by atoms with Crippen molar-refractivity contribution in [2.45, 2.75) is 0 Å². The molecule has 25 heavy (non-hydrogen) atoms. The number of fused-ring (bicyclic) bond motifs is 1. The van der Waals surface area contributed by atoms with Gasteiger partial charge in [0.1, 0.15) is 36.0 Å². The number of hydrogen-bond donors (Lipinski definition) is 1. The number of benzene rings is 3. The van der Waals surface area contributed by atoms with Crippen LogP contribution >= 0.6 is 0 Å². The van der Waals surface area contributed by atoms with E-state index < -0.39 is 5.97 Å². The first kappa shape index (κ1) is 16.6. The van der Waals surface area contributed by atoms with Crippen molar-refractivity contribution in [1.29, 1.82) is 0 Å². The molecule has 0 bridgehead atoms. The van der Waals surface area contributed by atoms with Crippen molar-refractivity contribution in [1.82, 2.24) is 0 Å². The average Bonchev–Trinajstić information content (AvgIpc) is 2.65. The van der Waals surface area contributed by atoms with Crippen molar-refractivity contribution in [2.24, 2.45) is 0 Å². The van der Waals surface area contributed by atoms with Gasteiger partial charge in [-0.15, -0.1) is 0 Å². The first-order valence-corrected chi connectivity index (χ1v) is 7.84. The van der Waals surface area contributed by atoms with Gasteiger partial charge in [-0.2, -0.15) is 0 Å². The average molecular weight is 338 g/mol. The summed E-state index contributed by atoms with van der Waals surface area (Å²) >= 11 is 0. The third-order valence-corrected chi connectivity index (χ3v) is 3.77. The normalized spacial score (nSPS) is 10.4. The molecule has 5 heteroatoms. The summed E-state index contributed by atoms with van der Waals surface area (Å²) in [6.45, 7) is 0.545. The number of carbonyl (C=O) groups is 1. The van der Waals surface area contributed by atoms with Gasteiger partial charge in [-0.05, 0) is 41.1 Å². The lowest BCUT2D eigenvalue weighted by Crippen LogP contribution is -2.11. The summed E-state index contributed by atoms with van der Waals surface area (Å²) in [6, 6.07) is 18.1. The van der Waals surface area contributed by atoms with Crippen LogP contribution in [0.4, 0.5) is 0 Å². The van der Waals surface area contributed by atoms with Gasteiger partial charge in [-0.1, -0.05) is 30.3 Å². The molecule has 0 fully saturated rings. The Morgan fingerprint density at radius 3 is 2.28 bits per heavy atom. The summed E-state index contributed by atoms with van der Waals surface area (Å²) in [7, 11) is 1.60. The molecule has 0 aromatic heterocycles. The van der Waals surface area contributed by atoms with Gasteiger partial charge in [-0.25, -0.2) is 4.79 Å². The van der Waals surface area contributed by atoms with Crippen LogP contribution in [-0.2, 0) is 0 Å². The molecular formula is C20H18O5. The SMILES string of the molecule is COc1ccc(OCCOc2ccc3ccccc3c2C(=O)O)cc1. The van der Waals surface area contributed by atoms with E-state index in [2.05, 4.69) is 0 Å². The first-order chi connectivity index (χ1) is 12.2. The molecule has 0 atom stereocenters. The number of carboxylic acids is 1. The lowest BCUT2D eigenvalue weighted by Gasteiger charge is -2.12. The summed E-state index contributed by atoms with van der Waals surface area (Å²) in [4.78, 5) is 11.6. The number of methoxy groups -OCH3 is 1. The van der Waals surface area contributed by atoms with Gasteiger partial charge in [0.25, 0.3) is 0 Å². The topological polar surface area (TPSA) is 65.0 Å². The highest BCUT2D eigenvalue weighted by Crippen LogP contribution is 2.28. The summed E-state index contributed by atoms with van der Waals surface area (Å²) in [5.41, 5.74) is 0.169. The van der Waals surface area contributed by atoms with Crippen LogP contribution in [0.1, 0.15) is 10.4 Å². The van der Waals surface area contributed by atoms with Crippen LogP contribution in [0.2, 0.25) is 0 Å². The van der Waals surface area contributed by atoms with E-state index in [1.165, 1.54) is 0 Å². The molecule has 0 saturated carbocycles. The van der Waals surface area contributed by atoms with Crippen LogP contribution in [0, 0.1) is 0 Å². The Kier molecular flexibility index (Phi) is 5.04. The second kappa shape index (κ2) is 7.57. The van der Waals surface area contributed by atoms with Crippen LogP contribution in [0.25, 0.3) is 10.8 Å². The maximum atomic E-state index is 11.6. The molecule has 0 aliphatic heterocycles. The highest BCUT2D eigenvalue weighted by atomic mass is 16.5. The molecule has 0 amide bonds. The van der Waals surface area contributed by atoms with Crippen molar-refractivity contribution in [3.63, 3.8) is 0 Å². The van der Waals surface area contributed by atoms with Crippen LogP contribution in [0.3, 0.4) is 0 Å². The molecule has 0 radical (unpaired) electrons. The standard InChI is InChI=1S/C20H18O5/c1-23-15-7-9-16(10-8-15)24-12-13-25-18-11-6-14-4-2-3-5-17(14)19(18)20(21)22/h2-11H,12-13H2,1H3,(H,21,22). The highest BCUT2D eigenvalue weighted by Gasteiger charge is 2.15. The fourth-order valence-corrected chi connectivity index (χ4v) is 2.58. The zero-order valence-corrected chi connectivity index (χ0v) is 13.8. The molecule has 5 nitrogen and oxygen atoms in total. The molecule has 0 aliphatic carbocycles. The molecule has 3 aromatic carbocycles. The monoisotopic (exact) mass is 338 g/mol. The molecular weight excluding hydrogens is 320 g/mol. The third kappa shape index (κ3) is 3.83. The van der Waals surface area contributed by atoms with Gasteiger partial charge < -0.3 is 19.3 Å². The molecule has 0 aliphatic rings. The summed E-state index contributed by atoms with van der Waals surface area (Å²) < 4.78 is 16.3. The van der Waals surface area contributed by atoms with E-state index in [0.717, 1.165) is 11.1 Å². The summed E-state index contributed by atoms with van der Waals surface area (Å²) in [6.07, 6.45) is 0. The van der Waals surface area contributed by atoms with Crippen LogP contribution in [-0.4, -0.2) is 31.4 Å². The van der Waals surface area contributed by atoms with Gasteiger partial charge in [-0.3, -0.25) is 0 Å². The van der Waals surface area contributed by atoms with Crippen LogP contribution < -0.4 is 14.2 Å². The molecule has 0 unspecified atom stereocenters. The number of ether oxygens (including phenoxy) is 3. The zero-order valence-electron chi connectivity index (χ0n) is 13.8. The lowest BCUT2D eigenvalue weighted by molar-refractivity contribution is 0.0693. The Labute approximate surface area is 145 Å². The number of hydrogen-bond acceptors (Lipinski definition) is 4. The van der Waals surface area contributed by atoms with E-state index in [1.54, 1.807) is 31.4 Å². The summed E-state index contributed by atoms with van der Waals surface area (Å²) in [5.74, 6) is 0.777. The Hall–Kier alpha value is -3.21. The van der Waals surface area contributed by atoms with Crippen LogP contribution in [0.5, 0.6) is 17.2 Å². The van der Waals surface area contributed by atoms with Crippen molar-refractivity contribution >= 4 is 16.7 Å². The highest BCUT2D eigenvalue weighted by molar-refractivity contribution is 6.06. The molecule has 3 aromatic rings. The van der Waals surface area contributed by atoms with E-state index in [-0.39, 0.29) is 12.2 Å². The van der Waals surface area contributed by atoms with Gasteiger partial charge in [0.05, 0.1) is 7.11 Å². The number of aromatic carboxylic acids is 1. The number of rotatable bonds is 7. The van der Waals surface area contributed by atoms with Gasteiger partial charge >= 0.3 is 5.97 Å². The second-order valence-corrected chi connectivity index (χ2v) is 5.34.